The first-order valence-corrected chi connectivity index (χ1v) is 9.05. The van der Waals surface area contributed by atoms with Gasteiger partial charge in [-0.15, -0.1) is 0 Å². The molecule has 0 saturated carbocycles. The molecule has 1 amide bonds. The number of carbonyl (C=O) groups is 1. The van der Waals surface area contributed by atoms with Crippen molar-refractivity contribution < 1.29 is 14.6 Å². The van der Waals surface area contributed by atoms with Crippen LogP contribution in [0.2, 0.25) is 0 Å². The van der Waals surface area contributed by atoms with Crippen molar-refractivity contribution in [3.05, 3.63) is 29.8 Å². The van der Waals surface area contributed by atoms with Crippen molar-refractivity contribution >= 4 is 5.91 Å². The Morgan fingerprint density at radius 2 is 2.12 bits per heavy atom. The maximum Gasteiger partial charge on any atom is 0.240 e. The molecule has 1 heterocycles. The second-order valence-electron chi connectivity index (χ2n) is 6.16. The third kappa shape index (κ3) is 4.71. The molecule has 0 radical (unpaired) electrons. The molecule has 0 bridgehead atoms. The van der Waals surface area contributed by atoms with Gasteiger partial charge in [0.1, 0.15) is 5.75 Å². The van der Waals surface area contributed by atoms with Crippen molar-refractivity contribution in [2.75, 3.05) is 32.8 Å². The van der Waals surface area contributed by atoms with Crippen LogP contribution in [0.25, 0.3) is 0 Å². The van der Waals surface area contributed by atoms with Gasteiger partial charge in [-0.1, -0.05) is 31.5 Å². The van der Waals surface area contributed by atoms with Crippen molar-refractivity contribution in [2.24, 2.45) is 0 Å². The minimum absolute atomic E-state index is 0.0264. The third-order valence-electron chi connectivity index (χ3n) is 4.62. The van der Waals surface area contributed by atoms with E-state index in [1.165, 1.54) is 0 Å². The molecule has 0 aliphatic carbocycles. The van der Waals surface area contributed by atoms with E-state index in [4.69, 9.17) is 4.74 Å². The summed E-state index contributed by atoms with van der Waals surface area (Å²) in [5.41, 5.74) is 0.986. The van der Waals surface area contributed by atoms with Crippen molar-refractivity contribution in [2.45, 2.75) is 45.7 Å². The monoisotopic (exact) mass is 334 g/mol. The number of nitrogens with zero attached hydrogens (tertiary/aromatic N) is 2. The Hall–Kier alpha value is -1.59. The van der Waals surface area contributed by atoms with Gasteiger partial charge in [0.2, 0.25) is 5.91 Å². The number of ether oxygens (including phenoxy) is 1. The largest absolute Gasteiger partial charge is 0.494 e. The van der Waals surface area contributed by atoms with Crippen LogP contribution in [0.1, 0.15) is 38.7 Å². The molecule has 1 N–H and O–H groups in total. The molecule has 134 valence electrons. The summed E-state index contributed by atoms with van der Waals surface area (Å²) >= 11 is 0. The highest BCUT2D eigenvalue weighted by Crippen LogP contribution is 2.23. The molecule has 1 aliphatic rings. The fourth-order valence-electron chi connectivity index (χ4n) is 3.38. The number of aliphatic hydroxyl groups excluding tert-OH is 1. The van der Waals surface area contributed by atoms with Crippen LogP contribution in [0.4, 0.5) is 0 Å². The van der Waals surface area contributed by atoms with E-state index in [1.807, 2.05) is 31.2 Å². The summed E-state index contributed by atoms with van der Waals surface area (Å²) in [5, 5.41) is 9.42. The molecule has 0 spiro atoms. The molecule has 5 nitrogen and oxygen atoms in total. The van der Waals surface area contributed by atoms with Crippen LogP contribution in [-0.2, 0) is 11.3 Å². The topological polar surface area (TPSA) is 53.0 Å². The zero-order valence-electron chi connectivity index (χ0n) is 14.9. The Bertz CT molecular complexity index is 521. The molecular weight excluding hydrogens is 304 g/mol. The normalized spacial score (nSPS) is 18.4. The highest BCUT2D eigenvalue weighted by molar-refractivity contribution is 5.82. The van der Waals surface area contributed by atoms with Gasteiger partial charge in [-0.2, -0.15) is 0 Å². The van der Waals surface area contributed by atoms with Crippen LogP contribution in [0, 0.1) is 0 Å². The zero-order chi connectivity index (χ0) is 17.4. The number of aliphatic hydroxyl groups is 1. The van der Waals surface area contributed by atoms with Crippen molar-refractivity contribution in [3.8, 4) is 5.75 Å². The van der Waals surface area contributed by atoms with E-state index in [0.717, 1.165) is 43.7 Å². The lowest BCUT2D eigenvalue weighted by molar-refractivity contribution is -0.139. The number of rotatable bonds is 8. The van der Waals surface area contributed by atoms with Crippen molar-refractivity contribution in [1.29, 1.82) is 0 Å². The predicted molar refractivity (Wildman–Crippen MR) is 95.0 cm³/mol. The Balaban J connectivity index is 2.15. The Labute approximate surface area is 145 Å². The van der Waals surface area contributed by atoms with Gasteiger partial charge in [-0.3, -0.25) is 9.69 Å². The Morgan fingerprint density at radius 1 is 1.33 bits per heavy atom. The van der Waals surface area contributed by atoms with Crippen LogP contribution < -0.4 is 4.74 Å². The zero-order valence-corrected chi connectivity index (χ0v) is 14.9. The van der Waals surface area contributed by atoms with Gasteiger partial charge in [-0.25, -0.2) is 0 Å². The standard InChI is InChI=1S/C19H30N2O3/c1-3-20-12-8-7-10-17(20)19(23)21(13-14-22)15-16-9-5-6-11-18(16)24-4-2/h5-6,9,11,17,22H,3-4,7-8,10,12-15H2,1-2H3. The number of para-hydroxylation sites is 1. The van der Waals surface area contributed by atoms with E-state index in [1.54, 1.807) is 4.90 Å². The average Bonchev–Trinajstić information content (AvgIpc) is 2.62. The van der Waals surface area contributed by atoms with Crippen LogP contribution in [0.3, 0.4) is 0 Å². The van der Waals surface area contributed by atoms with Gasteiger partial charge in [0.25, 0.3) is 0 Å². The number of amides is 1. The molecule has 1 fully saturated rings. The molecule has 1 unspecified atom stereocenters. The number of hydrogen-bond donors (Lipinski definition) is 1. The van der Waals surface area contributed by atoms with Crippen molar-refractivity contribution in [1.82, 2.24) is 9.80 Å². The number of hydrogen-bond acceptors (Lipinski definition) is 4. The van der Waals surface area contributed by atoms with Crippen LogP contribution in [0.5, 0.6) is 5.75 Å². The fraction of sp³-hybridized carbons (Fsp3) is 0.632. The van der Waals surface area contributed by atoms with Crippen LogP contribution in [0.15, 0.2) is 24.3 Å². The van der Waals surface area contributed by atoms with Gasteiger partial charge >= 0.3 is 0 Å². The Kier molecular flexibility index (Phi) is 7.53. The van der Waals surface area contributed by atoms with E-state index in [2.05, 4.69) is 11.8 Å². The fourth-order valence-corrected chi connectivity index (χ4v) is 3.38. The van der Waals surface area contributed by atoms with E-state index < -0.39 is 0 Å². The number of carbonyl (C=O) groups excluding carboxylic acids is 1. The van der Waals surface area contributed by atoms with E-state index >= 15 is 0 Å². The number of benzene rings is 1. The van der Waals surface area contributed by atoms with Gasteiger partial charge in [0.05, 0.1) is 19.3 Å². The molecule has 1 aromatic carbocycles. The molecule has 0 aromatic heterocycles. The summed E-state index contributed by atoms with van der Waals surface area (Å²) in [7, 11) is 0. The average molecular weight is 334 g/mol. The third-order valence-corrected chi connectivity index (χ3v) is 4.62. The van der Waals surface area contributed by atoms with Crippen LogP contribution in [-0.4, -0.2) is 59.7 Å². The van der Waals surface area contributed by atoms with E-state index in [-0.39, 0.29) is 18.6 Å². The molecule has 2 rings (SSSR count). The highest BCUT2D eigenvalue weighted by atomic mass is 16.5. The summed E-state index contributed by atoms with van der Waals surface area (Å²) < 4.78 is 5.67. The molecule has 24 heavy (non-hydrogen) atoms. The Morgan fingerprint density at radius 3 is 2.83 bits per heavy atom. The highest BCUT2D eigenvalue weighted by Gasteiger charge is 2.31. The first-order chi connectivity index (χ1) is 11.7. The quantitative estimate of drug-likeness (QED) is 0.792. The van der Waals surface area contributed by atoms with E-state index in [0.29, 0.717) is 19.7 Å². The summed E-state index contributed by atoms with van der Waals surface area (Å²) in [6.07, 6.45) is 3.15. The second kappa shape index (κ2) is 9.64. The summed E-state index contributed by atoms with van der Waals surface area (Å²) in [4.78, 5) is 17.1. The van der Waals surface area contributed by atoms with Crippen molar-refractivity contribution in [3.63, 3.8) is 0 Å². The van der Waals surface area contributed by atoms with Crippen LogP contribution >= 0.6 is 0 Å². The number of likely N-dealkylation sites (tertiary alicyclic amines) is 1. The smallest absolute Gasteiger partial charge is 0.240 e. The lowest BCUT2D eigenvalue weighted by Gasteiger charge is -2.37. The summed E-state index contributed by atoms with van der Waals surface area (Å²) in [5.74, 6) is 0.934. The van der Waals surface area contributed by atoms with Gasteiger partial charge in [-0.05, 0) is 38.9 Å². The molecule has 1 saturated heterocycles. The maximum atomic E-state index is 13.1. The van der Waals surface area contributed by atoms with Gasteiger partial charge in [0.15, 0.2) is 0 Å². The lowest BCUT2D eigenvalue weighted by Crippen LogP contribution is -2.51. The minimum atomic E-state index is -0.0606. The molecule has 5 heteroatoms. The molecular formula is C19H30N2O3. The lowest BCUT2D eigenvalue weighted by atomic mass is 10.0. The van der Waals surface area contributed by atoms with Gasteiger partial charge < -0.3 is 14.7 Å². The number of likely N-dealkylation sites (N-methyl/N-ethyl adjacent to an activating group) is 1. The molecule has 1 aliphatic heterocycles. The van der Waals surface area contributed by atoms with E-state index in [9.17, 15) is 9.90 Å². The summed E-state index contributed by atoms with van der Waals surface area (Å²) in [6.45, 7) is 7.32. The first kappa shape index (κ1) is 18.7. The second-order valence-corrected chi connectivity index (χ2v) is 6.16. The molecule has 1 aromatic rings. The maximum absolute atomic E-state index is 13.1. The van der Waals surface area contributed by atoms with Gasteiger partial charge in [0, 0.05) is 18.7 Å². The molecule has 1 atom stereocenters. The minimum Gasteiger partial charge on any atom is -0.494 e. The predicted octanol–water partition coefficient (Wildman–Crippen LogP) is 2.28. The SMILES string of the molecule is CCOc1ccccc1CN(CCO)C(=O)C1CCCCN1CC. The number of piperidine rings is 1. The summed E-state index contributed by atoms with van der Waals surface area (Å²) in [6, 6.07) is 7.75. The first-order valence-electron chi connectivity index (χ1n) is 9.05.